The predicted molar refractivity (Wildman–Crippen MR) is 74.3 cm³/mol. The van der Waals surface area contributed by atoms with E-state index < -0.39 is 5.54 Å². The Morgan fingerprint density at radius 1 is 1.33 bits per heavy atom. The lowest BCUT2D eigenvalue weighted by Gasteiger charge is -2.29. The van der Waals surface area contributed by atoms with Crippen LogP contribution >= 0.6 is 27.3 Å². The molecule has 0 aromatic carbocycles. The molecule has 96 valence electrons. The molecule has 0 spiro atoms. The highest BCUT2D eigenvalue weighted by Crippen LogP contribution is 2.35. The molecule has 2 N–H and O–H groups in total. The van der Waals surface area contributed by atoms with Gasteiger partial charge in [-0.25, -0.2) is 0 Å². The zero-order chi connectivity index (χ0) is 12.6. The van der Waals surface area contributed by atoms with Crippen molar-refractivity contribution < 1.29 is 4.52 Å². The average molecular weight is 328 g/mol. The smallest absolute Gasteiger partial charge is 0.258 e. The molecule has 1 saturated carbocycles. The van der Waals surface area contributed by atoms with Crippen molar-refractivity contribution in [2.24, 2.45) is 5.73 Å². The van der Waals surface area contributed by atoms with Gasteiger partial charge in [-0.15, -0.1) is 11.3 Å². The molecular formula is C12H14BrN3OS. The fourth-order valence-electron chi connectivity index (χ4n) is 2.37. The fraction of sp³-hybridized carbons (Fsp3) is 0.500. The molecule has 0 atom stereocenters. The number of nitrogens with two attached hydrogens (primary N) is 1. The maximum Gasteiger partial charge on any atom is 0.258 e. The highest BCUT2D eigenvalue weighted by molar-refractivity contribution is 9.11. The summed E-state index contributed by atoms with van der Waals surface area (Å²) in [4.78, 5) is 4.47. The van der Waals surface area contributed by atoms with Gasteiger partial charge in [0, 0.05) is 5.38 Å². The summed E-state index contributed by atoms with van der Waals surface area (Å²) in [6, 6.07) is 1.98. The summed E-state index contributed by atoms with van der Waals surface area (Å²) in [6.45, 7) is 0. The highest BCUT2D eigenvalue weighted by Gasteiger charge is 2.34. The van der Waals surface area contributed by atoms with Crippen LogP contribution < -0.4 is 5.73 Å². The van der Waals surface area contributed by atoms with E-state index in [4.69, 9.17) is 10.3 Å². The van der Waals surface area contributed by atoms with Crippen molar-refractivity contribution in [2.75, 3.05) is 0 Å². The van der Waals surface area contributed by atoms with Crippen molar-refractivity contribution in [3.05, 3.63) is 21.1 Å². The third kappa shape index (κ3) is 2.24. The SMILES string of the molecule is NC1(c2noc(-c3csc(Br)c3)n2)CCCCC1. The number of thiophene rings is 1. The van der Waals surface area contributed by atoms with Crippen molar-refractivity contribution in [1.29, 1.82) is 0 Å². The Balaban J connectivity index is 1.89. The van der Waals surface area contributed by atoms with Gasteiger partial charge in [0.2, 0.25) is 0 Å². The summed E-state index contributed by atoms with van der Waals surface area (Å²) in [5, 5.41) is 6.07. The molecule has 0 bridgehead atoms. The van der Waals surface area contributed by atoms with Gasteiger partial charge in [0.1, 0.15) is 0 Å². The quantitative estimate of drug-likeness (QED) is 0.913. The second kappa shape index (κ2) is 4.75. The molecular weight excluding hydrogens is 314 g/mol. The van der Waals surface area contributed by atoms with E-state index in [-0.39, 0.29) is 0 Å². The number of halogens is 1. The second-order valence-electron chi connectivity index (χ2n) is 4.78. The number of hydrogen-bond acceptors (Lipinski definition) is 5. The highest BCUT2D eigenvalue weighted by atomic mass is 79.9. The van der Waals surface area contributed by atoms with Crippen LogP contribution in [-0.4, -0.2) is 10.1 Å². The molecule has 2 aromatic heterocycles. The van der Waals surface area contributed by atoms with Gasteiger partial charge < -0.3 is 10.3 Å². The molecule has 0 saturated heterocycles. The Bertz CT molecular complexity index is 545. The maximum absolute atomic E-state index is 6.39. The van der Waals surface area contributed by atoms with Crippen LogP contribution in [0.4, 0.5) is 0 Å². The zero-order valence-electron chi connectivity index (χ0n) is 9.86. The first-order valence-electron chi connectivity index (χ1n) is 6.05. The van der Waals surface area contributed by atoms with Crippen molar-refractivity contribution in [2.45, 2.75) is 37.6 Å². The lowest BCUT2D eigenvalue weighted by Crippen LogP contribution is -2.39. The molecule has 4 nitrogen and oxygen atoms in total. The van der Waals surface area contributed by atoms with Gasteiger partial charge in [0.15, 0.2) is 5.82 Å². The van der Waals surface area contributed by atoms with Gasteiger partial charge in [-0.2, -0.15) is 4.98 Å². The van der Waals surface area contributed by atoms with Crippen LogP contribution in [0.25, 0.3) is 11.5 Å². The summed E-state index contributed by atoms with van der Waals surface area (Å²) in [5.41, 5.74) is 6.94. The standard InChI is InChI=1S/C12H14BrN3OS/c13-9-6-8(7-18-9)10-15-11(16-17-10)12(14)4-2-1-3-5-12/h6-7H,1-5,14H2. The van der Waals surface area contributed by atoms with Crippen molar-refractivity contribution in [3.8, 4) is 11.5 Å². The van der Waals surface area contributed by atoms with Crippen LogP contribution in [-0.2, 0) is 5.54 Å². The van der Waals surface area contributed by atoms with Gasteiger partial charge in [-0.3, -0.25) is 0 Å². The molecule has 18 heavy (non-hydrogen) atoms. The Morgan fingerprint density at radius 2 is 2.11 bits per heavy atom. The molecule has 6 heteroatoms. The molecule has 2 heterocycles. The molecule has 3 rings (SSSR count). The largest absolute Gasteiger partial charge is 0.334 e. The topological polar surface area (TPSA) is 64.9 Å². The van der Waals surface area contributed by atoms with Crippen molar-refractivity contribution in [1.82, 2.24) is 10.1 Å². The Morgan fingerprint density at radius 3 is 2.78 bits per heavy atom. The van der Waals surface area contributed by atoms with E-state index >= 15 is 0 Å². The number of rotatable bonds is 2. The monoisotopic (exact) mass is 327 g/mol. The van der Waals surface area contributed by atoms with Gasteiger partial charge in [0.05, 0.1) is 14.9 Å². The van der Waals surface area contributed by atoms with E-state index in [1.54, 1.807) is 11.3 Å². The van der Waals surface area contributed by atoms with E-state index in [0.717, 1.165) is 35.0 Å². The summed E-state index contributed by atoms with van der Waals surface area (Å²) in [5.74, 6) is 1.21. The molecule has 0 radical (unpaired) electrons. The van der Waals surface area contributed by atoms with Crippen LogP contribution in [0.3, 0.4) is 0 Å². The first kappa shape index (κ1) is 12.3. The van der Waals surface area contributed by atoms with Crippen LogP contribution in [0.1, 0.15) is 37.9 Å². The fourth-order valence-corrected chi connectivity index (χ4v) is 3.50. The average Bonchev–Trinajstić information content (AvgIpc) is 2.98. The minimum Gasteiger partial charge on any atom is -0.334 e. The summed E-state index contributed by atoms with van der Waals surface area (Å²) < 4.78 is 6.38. The number of hydrogen-bond donors (Lipinski definition) is 1. The molecule has 1 fully saturated rings. The summed E-state index contributed by atoms with van der Waals surface area (Å²) in [6.07, 6.45) is 5.43. The molecule has 0 aliphatic heterocycles. The Hall–Kier alpha value is -0.720. The predicted octanol–water partition coefficient (Wildman–Crippen LogP) is 3.68. The van der Waals surface area contributed by atoms with E-state index in [1.807, 2.05) is 11.4 Å². The molecule has 1 aliphatic rings. The maximum atomic E-state index is 6.39. The number of aromatic nitrogens is 2. The Labute approximate surface area is 118 Å². The second-order valence-corrected chi connectivity index (χ2v) is 7.07. The van der Waals surface area contributed by atoms with Gasteiger partial charge >= 0.3 is 0 Å². The normalized spacial score (nSPS) is 19.0. The van der Waals surface area contributed by atoms with Crippen LogP contribution in [0.2, 0.25) is 0 Å². The van der Waals surface area contributed by atoms with Crippen LogP contribution in [0.5, 0.6) is 0 Å². The van der Waals surface area contributed by atoms with E-state index in [0.29, 0.717) is 11.7 Å². The first-order chi connectivity index (χ1) is 8.67. The molecule has 0 unspecified atom stereocenters. The van der Waals surface area contributed by atoms with Crippen LogP contribution in [0.15, 0.2) is 19.8 Å². The summed E-state index contributed by atoms with van der Waals surface area (Å²) >= 11 is 5.03. The third-order valence-electron chi connectivity index (χ3n) is 3.43. The van der Waals surface area contributed by atoms with E-state index in [1.165, 1.54) is 6.42 Å². The molecule has 2 aromatic rings. The van der Waals surface area contributed by atoms with E-state index in [2.05, 4.69) is 26.1 Å². The zero-order valence-corrected chi connectivity index (χ0v) is 12.3. The molecule has 0 amide bonds. The number of nitrogens with zero attached hydrogens (tertiary/aromatic N) is 2. The van der Waals surface area contributed by atoms with Crippen molar-refractivity contribution >= 4 is 27.3 Å². The minimum absolute atomic E-state index is 0.396. The third-order valence-corrected chi connectivity index (χ3v) is 4.94. The molecule has 1 aliphatic carbocycles. The van der Waals surface area contributed by atoms with Gasteiger partial charge in [-0.05, 0) is 34.8 Å². The Kier molecular flexibility index (Phi) is 3.25. The van der Waals surface area contributed by atoms with Gasteiger partial charge in [-0.1, -0.05) is 24.4 Å². The first-order valence-corrected chi connectivity index (χ1v) is 7.72. The van der Waals surface area contributed by atoms with Crippen molar-refractivity contribution in [3.63, 3.8) is 0 Å². The summed E-state index contributed by atoms with van der Waals surface area (Å²) in [7, 11) is 0. The minimum atomic E-state index is -0.396. The lowest BCUT2D eigenvalue weighted by atomic mass is 9.82. The van der Waals surface area contributed by atoms with E-state index in [9.17, 15) is 0 Å². The lowest BCUT2D eigenvalue weighted by molar-refractivity contribution is 0.275. The van der Waals surface area contributed by atoms with Gasteiger partial charge in [0.25, 0.3) is 5.89 Å². The van der Waals surface area contributed by atoms with Crippen LogP contribution in [0, 0.1) is 0 Å².